The first-order valence-electron chi connectivity index (χ1n) is 7.09. The number of amides is 1. The fraction of sp³-hybridized carbons (Fsp3) is 0.929. The van der Waals surface area contributed by atoms with Crippen molar-refractivity contribution in [1.29, 1.82) is 0 Å². The van der Waals surface area contributed by atoms with Crippen LogP contribution in [0.15, 0.2) is 0 Å². The van der Waals surface area contributed by atoms with Crippen LogP contribution < -0.4 is 5.73 Å². The summed E-state index contributed by atoms with van der Waals surface area (Å²) in [6, 6.07) is 0.155. The van der Waals surface area contributed by atoms with E-state index in [2.05, 4.69) is 6.92 Å². The van der Waals surface area contributed by atoms with Gasteiger partial charge in [0.05, 0.1) is 12.6 Å². The normalized spacial score (nSPS) is 14.3. The highest BCUT2D eigenvalue weighted by atomic mass is 16.5. The second-order valence-electron chi connectivity index (χ2n) is 4.87. The van der Waals surface area contributed by atoms with Gasteiger partial charge in [0, 0.05) is 20.1 Å². The Bertz CT molecular complexity index is 222. The number of carbonyl (C=O) groups is 1. The van der Waals surface area contributed by atoms with Crippen molar-refractivity contribution in [3.8, 4) is 0 Å². The van der Waals surface area contributed by atoms with E-state index in [1.165, 1.54) is 0 Å². The van der Waals surface area contributed by atoms with Crippen LogP contribution in [0.2, 0.25) is 0 Å². The third-order valence-electron chi connectivity index (χ3n) is 3.52. The Hall–Kier alpha value is -0.610. The molecule has 0 saturated carbocycles. The first-order valence-corrected chi connectivity index (χ1v) is 7.09. The molecule has 2 N–H and O–H groups in total. The summed E-state index contributed by atoms with van der Waals surface area (Å²) in [4.78, 5) is 14.1. The number of nitrogens with two attached hydrogens (primary N) is 1. The fourth-order valence-corrected chi connectivity index (χ4v) is 2.32. The topological polar surface area (TPSA) is 55.6 Å². The molecule has 4 heteroatoms. The number of hydrogen-bond donors (Lipinski definition) is 1. The summed E-state index contributed by atoms with van der Waals surface area (Å²) in [5.41, 5.74) is 5.57. The van der Waals surface area contributed by atoms with E-state index in [9.17, 15) is 4.79 Å². The van der Waals surface area contributed by atoms with Crippen LogP contribution in [0.3, 0.4) is 0 Å². The molecule has 108 valence electrons. The Morgan fingerprint density at radius 1 is 1.33 bits per heavy atom. The van der Waals surface area contributed by atoms with Crippen molar-refractivity contribution >= 4 is 5.91 Å². The Labute approximate surface area is 112 Å². The molecular formula is C14H30N2O2. The minimum absolute atomic E-state index is 0.155. The molecule has 0 rings (SSSR count). The molecular weight excluding hydrogens is 228 g/mol. The zero-order valence-corrected chi connectivity index (χ0v) is 12.4. The predicted molar refractivity (Wildman–Crippen MR) is 75.4 cm³/mol. The van der Waals surface area contributed by atoms with Crippen LogP contribution in [0.25, 0.3) is 0 Å². The van der Waals surface area contributed by atoms with Gasteiger partial charge in [0.25, 0.3) is 0 Å². The molecule has 0 aliphatic heterocycles. The molecule has 0 saturated heterocycles. The predicted octanol–water partition coefficient (Wildman–Crippen LogP) is 2.02. The van der Waals surface area contributed by atoms with E-state index in [1.807, 2.05) is 18.7 Å². The lowest BCUT2D eigenvalue weighted by Crippen LogP contribution is -2.41. The molecule has 0 heterocycles. The van der Waals surface area contributed by atoms with Crippen LogP contribution in [-0.4, -0.2) is 43.7 Å². The molecule has 2 atom stereocenters. The minimum atomic E-state index is 0.155. The first-order chi connectivity index (χ1) is 8.60. The number of rotatable bonds is 10. The van der Waals surface area contributed by atoms with Crippen molar-refractivity contribution < 1.29 is 9.53 Å². The van der Waals surface area contributed by atoms with Crippen molar-refractivity contribution in [3.63, 3.8) is 0 Å². The van der Waals surface area contributed by atoms with E-state index in [1.54, 1.807) is 7.11 Å². The molecule has 0 bridgehead atoms. The van der Waals surface area contributed by atoms with Gasteiger partial charge in [-0.05, 0) is 39.2 Å². The van der Waals surface area contributed by atoms with Gasteiger partial charge < -0.3 is 15.4 Å². The summed E-state index contributed by atoms with van der Waals surface area (Å²) >= 11 is 0. The molecule has 18 heavy (non-hydrogen) atoms. The van der Waals surface area contributed by atoms with Crippen molar-refractivity contribution in [1.82, 2.24) is 4.90 Å². The van der Waals surface area contributed by atoms with Crippen LogP contribution in [0.4, 0.5) is 0 Å². The van der Waals surface area contributed by atoms with Gasteiger partial charge in [0.1, 0.15) is 0 Å². The molecule has 0 spiro atoms. The zero-order valence-electron chi connectivity index (χ0n) is 12.4. The van der Waals surface area contributed by atoms with Gasteiger partial charge in [-0.1, -0.05) is 13.3 Å². The lowest BCUT2D eigenvalue weighted by atomic mass is 9.96. The molecule has 0 aromatic heterocycles. The van der Waals surface area contributed by atoms with E-state index in [0.717, 1.165) is 25.8 Å². The molecule has 0 aromatic rings. The Morgan fingerprint density at radius 2 is 2.00 bits per heavy atom. The first kappa shape index (κ1) is 17.4. The highest BCUT2D eigenvalue weighted by molar-refractivity contribution is 5.76. The Kier molecular flexibility index (Phi) is 9.98. The van der Waals surface area contributed by atoms with Gasteiger partial charge in [0.15, 0.2) is 0 Å². The molecule has 0 aliphatic carbocycles. The number of ether oxygens (including phenoxy) is 1. The number of hydrogen-bond acceptors (Lipinski definition) is 3. The molecule has 1 amide bonds. The van der Waals surface area contributed by atoms with E-state index in [4.69, 9.17) is 10.5 Å². The number of carbonyl (C=O) groups excluding carboxylic acids is 1. The third kappa shape index (κ3) is 6.36. The maximum Gasteiger partial charge on any atom is 0.222 e. The van der Waals surface area contributed by atoms with Crippen LogP contribution in [0.1, 0.15) is 46.5 Å². The van der Waals surface area contributed by atoms with E-state index in [-0.39, 0.29) is 11.9 Å². The van der Waals surface area contributed by atoms with Crippen LogP contribution >= 0.6 is 0 Å². The minimum Gasteiger partial charge on any atom is -0.383 e. The van der Waals surface area contributed by atoms with Crippen molar-refractivity contribution in [2.75, 3.05) is 26.8 Å². The number of likely N-dealkylation sites (N-methyl/N-ethyl adjacent to an activating group) is 1. The fourth-order valence-electron chi connectivity index (χ4n) is 2.32. The molecule has 4 nitrogen and oxygen atoms in total. The lowest BCUT2D eigenvalue weighted by molar-refractivity contribution is -0.134. The van der Waals surface area contributed by atoms with Crippen LogP contribution in [-0.2, 0) is 9.53 Å². The van der Waals surface area contributed by atoms with Gasteiger partial charge in [-0.15, -0.1) is 0 Å². The molecule has 0 aliphatic rings. The van der Waals surface area contributed by atoms with E-state index in [0.29, 0.717) is 25.5 Å². The second-order valence-corrected chi connectivity index (χ2v) is 4.87. The molecule has 0 radical (unpaired) electrons. The highest BCUT2D eigenvalue weighted by Gasteiger charge is 2.19. The van der Waals surface area contributed by atoms with Gasteiger partial charge >= 0.3 is 0 Å². The SMILES string of the molecule is CCC(CCN)CCC(=O)N(CC)C(C)COC. The summed E-state index contributed by atoms with van der Waals surface area (Å²) in [6.45, 7) is 8.26. The summed E-state index contributed by atoms with van der Waals surface area (Å²) in [6.07, 6.45) is 3.69. The Balaban J connectivity index is 4.18. The van der Waals surface area contributed by atoms with E-state index >= 15 is 0 Å². The maximum absolute atomic E-state index is 12.2. The summed E-state index contributed by atoms with van der Waals surface area (Å²) < 4.78 is 5.11. The lowest BCUT2D eigenvalue weighted by Gasteiger charge is -2.28. The standard InChI is InChI=1S/C14H30N2O2/c1-5-13(9-10-15)7-8-14(17)16(6-2)12(3)11-18-4/h12-13H,5-11,15H2,1-4H3. The third-order valence-corrected chi connectivity index (χ3v) is 3.52. The maximum atomic E-state index is 12.2. The average molecular weight is 258 g/mol. The average Bonchev–Trinajstić information content (AvgIpc) is 2.35. The largest absolute Gasteiger partial charge is 0.383 e. The zero-order chi connectivity index (χ0) is 14.0. The van der Waals surface area contributed by atoms with Gasteiger partial charge in [-0.2, -0.15) is 0 Å². The van der Waals surface area contributed by atoms with Crippen LogP contribution in [0.5, 0.6) is 0 Å². The van der Waals surface area contributed by atoms with E-state index < -0.39 is 0 Å². The molecule has 0 fully saturated rings. The summed E-state index contributed by atoms with van der Waals surface area (Å²) in [5.74, 6) is 0.813. The molecule has 2 unspecified atom stereocenters. The van der Waals surface area contributed by atoms with Crippen LogP contribution in [0, 0.1) is 5.92 Å². The quantitative estimate of drug-likeness (QED) is 0.652. The highest BCUT2D eigenvalue weighted by Crippen LogP contribution is 2.16. The van der Waals surface area contributed by atoms with Crippen molar-refractivity contribution in [2.24, 2.45) is 11.7 Å². The summed E-state index contributed by atoms with van der Waals surface area (Å²) in [7, 11) is 1.67. The smallest absolute Gasteiger partial charge is 0.222 e. The van der Waals surface area contributed by atoms with Crippen molar-refractivity contribution in [2.45, 2.75) is 52.5 Å². The second kappa shape index (κ2) is 10.3. The van der Waals surface area contributed by atoms with Gasteiger partial charge in [0.2, 0.25) is 5.91 Å². The van der Waals surface area contributed by atoms with Crippen molar-refractivity contribution in [3.05, 3.63) is 0 Å². The number of nitrogens with zero attached hydrogens (tertiary/aromatic N) is 1. The number of methoxy groups -OCH3 is 1. The Morgan fingerprint density at radius 3 is 2.44 bits per heavy atom. The summed E-state index contributed by atoms with van der Waals surface area (Å²) in [5, 5.41) is 0. The van der Waals surface area contributed by atoms with Gasteiger partial charge in [-0.25, -0.2) is 0 Å². The monoisotopic (exact) mass is 258 g/mol. The van der Waals surface area contributed by atoms with Gasteiger partial charge in [-0.3, -0.25) is 4.79 Å². The molecule has 0 aromatic carbocycles.